The van der Waals surface area contributed by atoms with E-state index in [0.29, 0.717) is 15.2 Å². The van der Waals surface area contributed by atoms with Gasteiger partial charge in [0.2, 0.25) is 0 Å². The summed E-state index contributed by atoms with van der Waals surface area (Å²) in [5.41, 5.74) is -0.628. The van der Waals surface area contributed by atoms with Crippen molar-refractivity contribution in [1.29, 1.82) is 0 Å². The first-order chi connectivity index (χ1) is 18.9. The Kier molecular flexibility index (Phi) is 14.2. The number of halogens is 3. The predicted molar refractivity (Wildman–Crippen MR) is 167 cm³/mol. The summed E-state index contributed by atoms with van der Waals surface area (Å²) in [6.45, 7) is 20.6. The molecule has 1 radical (unpaired) electrons. The van der Waals surface area contributed by atoms with E-state index in [0.717, 1.165) is 69.9 Å². The Hall–Kier alpha value is -1.85. The number of morpholine rings is 2. The molecule has 0 amide bonds. The van der Waals surface area contributed by atoms with Gasteiger partial charge in [0, 0.05) is 36.2 Å². The van der Waals surface area contributed by atoms with Gasteiger partial charge in [-0.3, -0.25) is 0 Å². The van der Waals surface area contributed by atoms with Crippen LogP contribution in [-0.4, -0.2) is 86.4 Å². The lowest BCUT2D eigenvalue weighted by atomic mass is 9.87. The van der Waals surface area contributed by atoms with Gasteiger partial charge in [0.05, 0.1) is 43.3 Å². The van der Waals surface area contributed by atoms with E-state index < -0.39 is 11.2 Å². The topological polar surface area (TPSA) is 80.2 Å². The average molecular weight is 613 g/mol. The lowest BCUT2D eigenvalue weighted by Gasteiger charge is -2.37. The summed E-state index contributed by atoms with van der Waals surface area (Å²) in [5.74, 6) is 3.28. The minimum atomic E-state index is -0.855. The van der Waals surface area contributed by atoms with Crippen molar-refractivity contribution in [3.8, 4) is 0 Å². The third-order valence-corrected chi connectivity index (χ3v) is 6.98. The van der Waals surface area contributed by atoms with Crippen molar-refractivity contribution in [2.24, 2.45) is 0 Å². The van der Waals surface area contributed by atoms with Crippen LogP contribution in [0.25, 0.3) is 6.08 Å². The van der Waals surface area contributed by atoms with E-state index >= 15 is 0 Å². The van der Waals surface area contributed by atoms with E-state index in [-0.39, 0.29) is 0 Å². The molecule has 2 fully saturated rings. The van der Waals surface area contributed by atoms with Crippen molar-refractivity contribution in [2.45, 2.75) is 38.9 Å². The fourth-order valence-electron chi connectivity index (χ4n) is 3.33. The molecule has 2 aromatic heterocycles. The standard InChI is InChI=1S/C11H13ClN2O.C9H10Cl2N2O.C8H16BO2/c1-2-10-7-9(12)8-11(13-10)14-3-5-15-6-4-14;10-7-5-8(11)12-9(6-7)13-1-3-14-4-2-13;1-6-9-11-8(4,5)7(2,3)10/h2,7-8H,1,3-6H2;5-6H,1-4H2;6,10H,1H2,2-5H3. The highest BCUT2D eigenvalue weighted by Crippen LogP contribution is 2.24. The number of nitrogens with zero attached hydrogens (tertiary/aromatic N) is 4. The normalized spacial score (nSPS) is 15.7. The summed E-state index contributed by atoms with van der Waals surface area (Å²) in [4.78, 5) is 12.9. The number of ether oxygens (including phenoxy) is 2. The van der Waals surface area contributed by atoms with Crippen LogP contribution in [0.1, 0.15) is 33.4 Å². The van der Waals surface area contributed by atoms with Crippen molar-refractivity contribution in [1.82, 2.24) is 9.97 Å². The first kappa shape index (κ1) is 34.4. The largest absolute Gasteiger partial charge is 0.427 e. The summed E-state index contributed by atoms with van der Waals surface area (Å²) in [6.07, 6.45) is 1.70. The SMILES string of the molecule is C=C[B]OC(C)(C)C(C)(C)O.C=Cc1cc(Cl)cc(N2CCOCC2)n1.Clc1cc(Cl)nc(N2CCOCC2)c1. The van der Waals surface area contributed by atoms with Gasteiger partial charge in [-0.25, -0.2) is 9.97 Å². The summed E-state index contributed by atoms with van der Waals surface area (Å²) < 4.78 is 15.8. The molecule has 1 N–H and O–H groups in total. The number of aliphatic hydroxyl groups is 1. The molecular formula is C28H39BCl3N4O4. The monoisotopic (exact) mass is 611 g/mol. The Labute approximate surface area is 254 Å². The smallest absolute Gasteiger partial charge is 0.322 e. The van der Waals surface area contributed by atoms with Gasteiger partial charge < -0.3 is 29.0 Å². The van der Waals surface area contributed by atoms with Crippen molar-refractivity contribution in [3.05, 3.63) is 64.3 Å². The lowest BCUT2D eigenvalue weighted by Crippen LogP contribution is -2.47. The molecule has 2 aromatic rings. The quantitative estimate of drug-likeness (QED) is 0.313. The van der Waals surface area contributed by atoms with Gasteiger partial charge in [-0.2, -0.15) is 0 Å². The maximum absolute atomic E-state index is 9.59. The van der Waals surface area contributed by atoms with Gasteiger partial charge in [-0.05, 0) is 58.0 Å². The Morgan fingerprint density at radius 2 is 1.32 bits per heavy atom. The highest BCUT2D eigenvalue weighted by Gasteiger charge is 2.35. The summed E-state index contributed by atoms with van der Waals surface area (Å²) in [6, 6.07) is 7.13. The van der Waals surface area contributed by atoms with E-state index in [9.17, 15) is 5.11 Å². The first-order valence-corrected chi connectivity index (χ1v) is 14.1. The zero-order chi connectivity index (χ0) is 29.8. The van der Waals surface area contributed by atoms with Crippen LogP contribution in [0.5, 0.6) is 0 Å². The van der Waals surface area contributed by atoms with Crippen LogP contribution in [0.4, 0.5) is 11.6 Å². The minimum Gasteiger partial charge on any atom is -0.427 e. The van der Waals surface area contributed by atoms with Crippen molar-refractivity contribution in [2.75, 3.05) is 62.4 Å². The third kappa shape index (κ3) is 11.6. The van der Waals surface area contributed by atoms with Crippen LogP contribution in [0.3, 0.4) is 0 Å². The van der Waals surface area contributed by atoms with E-state index in [1.165, 1.54) is 7.48 Å². The zero-order valence-electron chi connectivity index (χ0n) is 23.7. The number of anilines is 2. The number of rotatable bonds is 7. The van der Waals surface area contributed by atoms with Gasteiger partial charge in [-0.15, -0.1) is 6.58 Å². The Morgan fingerprint density at radius 3 is 1.75 bits per heavy atom. The van der Waals surface area contributed by atoms with E-state index in [4.69, 9.17) is 48.9 Å². The predicted octanol–water partition coefficient (Wildman–Crippen LogP) is 5.75. The third-order valence-electron chi connectivity index (χ3n) is 6.35. The molecule has 0 aliphatic carbocycles. The van der Waals surface area contributed by atoms with E-state index in [2.05, 4.69) is 32.9 Å². The lowest BCUT2D eigenvalue weighted by molar-refractivity contribution is -0.0894. The fourth-order valence-corrected chi connectivity index (χ4v) is 4.00. The van der Waals surface area contributed by atoms with Crippen LogP contribution in [0, 0.1) is 0 Å². The van der Waals surface area contributed by atoms with Crippen LogP contribution in [0.2, 0.25) is 15.2 Å². The second-order valence-corrected chi connectivity index (χ2v) is 11.3. The number of aromatic nitrogens is 2. The number of hydrogen-bond acceptors (Lipinski definition) is 8. The second-order valence-electron chi connectivity index (χ2n) is 10.00. The first-order valence-electron chi connectivity index (χ1n) is 13.0. The molecule has 0 atom stereocenters. The molecular weight excluding hydrogens is 574 g/mol. The molecule has 0 unspecified atom stereocenters. The van der Waals surface area contributed by atoms with Gasteiger partial charge in [0.25, 0.3) is 0 Å². The molecule has 0 saturated carbocycles. The molecule has 219 valence electrons. The van der Waals surface area contributed by atoms with Crippen molar-refractivity contribution in [3.63, 3.8) is 0 Å². The van der Waals surface area contributed by atoms with Crippen LogP contribution < -0.4 is 9.80 Å². The van der Waals surface area contributed by atoms with E-state index in [1.54, 1.807) is 38.0 Å². The van der Waals surface area contributed by atoms with Crippen molar-refractivity contribution >= 4 is 60.0 Å². The summed E-state index contributed by atoms with van der Waals surface area (Å²) in [5, 5.41) is 11.3. The molecule has 4 rings (SSSR count). The highest BCUT2D eigenvalue weighted by atomic mass is 35.5. The zero-order valence-corrected chi connectivity index (χ0v) is 26.0. The number of hydrogen-bond donors (Lipinski definition) is 1. The molecule has 2 aliphatic rings. The van der Waals surface area contributed by atoms with Crippen molar-refractivity contribution < 1.29 is 19.2 Å². The fraction of sp³-hybridized carbons (Fsp3) is 0.500. The van der Waals surface area contributed by atoms with Gasteiger partial charge in [-0.1, -0.05) is 47.4 Å². The van der Waals surface area contributed by atoms with Crippen LogP contribution >= 0.6 is 34.8 Å². The molecule has 40 heavy (non-hydrogen) atoms. The Morgan fingerprint density at radius 1 is 0.850 bits per heavy atom. The average Bonchev–Trinajstić information content (AvgIpc) is 2.92. The number of pyridine rings is 2. The molecule has 0 spiro atoms. The maximum Gasteiger partial charge on any atom is 0.322 e. The van der Waals surface area contributed by atoms with Crippen LogP contribution in [0.15, 0.2) is 43.4 Å². The van der Waals surface area contributed by atoms with Gasteiger partial charge >= 0.3 is 7.48 Å². The Balaban J connectivity index is 0.000000213. The molecule has 12 heteroatoms. The molecule has 2 aliphatic heterocycles. The minimum absolute atomic E-state index is 0.430. The van der Waals surface area contributed by atoms with Crippen LogP contribution in [-0.2, 0) is 14.1 Å². The molecule has 0 bridgehead atoms. The maximum atomic E-state index is 9.59. The highest BCUT2D eigenvalue weighted by molar-refractivity contribution is 6.34. The van der Waals surface area contributed by atoms with E-state index in [1.807, 2.05) is 26.0 Å². The summed E-state index contributed by atoms with van der Waals surface area (Å²) >= 11 is 17.7. The second kappa shape index (κ2) is 16.6. The molecule has 4 heterocycles. The molecule has 2 saturated heterocycles. The molecule has 0 aromatic carbocycles. The Bertz CT molecular complexity index is 1070. The van der Waals surface area contributed by atoms with Gasteiger partial charge in [0.15, 0.2) is 0 Å². The summed E-state index contributed by atoms with van der Waals surface area (Å²) in [7, 11) is 1.48. The van der Waals surface area contributed by atoms with Gasteiger partial charge in [0.1, 0.15) is 16.8 Å². The molecule has 8 nitrogen and oxygen atoms in total.